The van der Waals surface area contributed by atoms with E-state index in [-0.39, 0.29) is 5.78 Å². The van der Waals surface area contributed by atoms with Crippen molar-refractivity contribution in [2.24, 2.45) is 12.8 Å². The van der Waals surface area contributed by atoms with E-state index < -0.39 is 0 Å². The molecule has 0 radical (unpaired) electrons. The number of hydrogen-bond donors (Lipinski definition) is 1. The molecule has 1 aromatic carbocycles. The van der Waals surface area contributed by atoms with Crippen molar-refractivity contribution in [2.45, 2.75) is 20.3 Å². The van der Waals surface area contributed by atoms with E-state index in [2.05, 4.69) is 5.10 Å². The number of Topliss-reactive ketones (excluding diaryl/α,β-unsaturated/α-hetero) is 1. The Morgan fingerprint density at radius 3 is 2.65 bits per heavy atom. The molecule has 0 unspecified atom stereocenters. The molecule has 0 saturated heterocycles. The van der Waals surface area contributed by atoms with Crippen LogP contribution < -0.4 is 5.73 Å². The van der Waals surface area contributed by atoms with Gasteiger partial charge < -0.3 is 5.73 Å². The number of hydrogen-bond acceptors (Lipinski definition) is 3. The highest BCUT2D eigenvalue weighted by Gasteiger charge is 2.10. The number of benzene rings is 1. The van der Waals surface area contributed by atoms with Gasteiger partial charge in [-0.3, -0.25) is 9.48 Å². The topological polar surface area (TPSA) is 60.9 Å². The van der Waals surface area contributed by atoms with Crippen molar-refractivity contribution in [1.29, 1.82) is 0 Å². The summed E-state index contributed by atoms with van der Waals surface area (Å²) >= 11 is 0. The van der Waals surface area contributed by atoms with Gasteiger partial charge in [0.25, 0.3) is 0 Å². The molecule has 104 valence electrons. The third-order valence-electron chi connectivity index (χ3n) is 3.32. The van der Waals surface area contributed by atoms with Crippen LogP contribution in [0.3, 0.4) is 0 Å². The summed E-state index contributed by atoms with van der Waals surface area (Å²) in [4.78, 5) is 11.6. The van der Waals surface area contributed by atoms with Crippen LogP contribution >= 0.6 is 0 Å². The van der Waals surface area contributed by atoms with Crippen LogP contribution in [-0.2, 0) is 11.8 Å². The van der Waals surface area contributed by atoms with Crippen LogP contribution in [0.5, 0.6) is 0 Å². The summed E-state index contributed by atoms with van der Waals surface area (Å²) < 4.78 is 1.76. The van der Waals surface area contributed by atoms with E-state index in [0.29, 0.717) is 17.7 Å². The molecule has 0 aliphatic carbocycles. The Kier molecular flexibility index (Phi) is 4.03. The number of carbonyl (C=O) groups excluding carboxylic acids is 1. The van der Waals surface area contributed by atoms with Crippen molar-refractivity contribution in [3.63, 3.8) is 0 Å². The lowest BCUT2D eigenvalue weighted by molar-refractivity contribution is -0.113. The Morgan fingerprint density at radius 2 is 2.10 bits per heavy atom. The van der Waals surface area contributed by atoms with Crippen LogP contribution in [0.1, 0.15) is 25.8 Å². The Labute approximate surface area is 118 Å². The molecule has 0 atom stereocenters. The normalized spacial score (nSPS) is 12.2. The molecular formula is C16H19N3O. The van der Waals surface area contributed by atoms with Crippen molar-refractivity contribution in [3.8, 4) is 11.1 Å². The zero-order valence-corrected chi connectivity index (χ0v) is 12.1. The molecule has 20 heavy (non-hydrogen) atoms. The Bertz CT molecular complexity index is 668. The van der Waals surface area contributed by atoms with Gasteiger partial charge in [-0.1, -0.05) is 25.1 Å². The Balaban J connectivity index is 2.47. The van der Waals surface area contributed by atoms with Crippen LogP contribution in [0.2, 0.25) is 0 Å². The first kappa shape index (κ1) is 14.1. The second-order valence-corrected chi connectivity index (χ2v) is 4.79. The average Bonchev–Trinajstić information content (AvgIpc) is 2.86. The second kappa shape index (κ2) is 5.74. The SMILES string of the molecule is CC/C(C(C)=O)=C(/N)c1cccc(-c2cnn(C)c2)c1. The fourth-order valence-electron chi connectivity index (χ4n) is 2.24. The molecule has 0 saturated carbocycles. The molecular weight excluding hydrogens is 250 g/mol. The van der Waals surface area contributed by atoms with Gasteiger partial charge in [-0.15, -0.1) is 0 Å². The third-order valence-corrected chi connectivity index (χ3v) is 3.32. The van der Waals surface area contributed by atoms with E-state index in [9.17, 15) is 4.79 Å². The van der Waals surface area contributed by atoms with E-state index in [1.807, 2.05) is 50.6 Å². The molecule has 0 aliphatic rings. The fourth-order valence-corrected chi connectivity index (χ4v) is 2.24. The molecule has 1 heterocycles. The lowest BCUT2D eigenvalue weighted by atomic mass is 9.99. The number of allylic oxidation sites excluding steroid dienone is 1. The summed E-state index contributed by atoms with van der Waals surface area (Å²) in [7, 11) is 1.88. The van der Waals surface area contributed by atoms with Crippen LogP contribution in [0.4, 0.5) is 0 Å². The molecule has 0 aliphatic heterocycles. The second-order valence-electron chi connectivity index (χ2n) is 4.79. The molecule has 2 N–H and O–H groups in total. The summed E-state index contributed by atoms with van der Waals surface area (Å²) in [5, 5.41) is 4.17. The first-order valence-corrected chi connectivity index (χ1v) is 6.62. The maximum atomic E-state index is 11.6. The largest absolute Gasteiger partial charge is 0.398 e. The summed E-state index contributed by atoms with van der Waals surface area (Å²) in [6, 6.07) is 7.86. The number of nitrogens with two attached hydrogens (primary N) is 1. The molecule has 0 fully saturated rings. The minimum atomic E-state index is 0.0248. The zero-order chi connectivity index (χ0) is 14.7. The molecule has 2 aromatic rings. The standard InChI is InChI=1S/C16H19N3O/c1-4-15(11(2)20)16(17)13-7-5-6-12(8-13)14-9-18-19(3)10-14/h5-10H,4,17H2,1-3H3/b16-15-. The van der Waals surface area contributed by atoms with Crippen LogP contribution in [0.25, 0.3) is 16.8 Å². The average molecular weight is 269 g/mol. The van der Waals surface area contributed by atoms with Crippen molar-refractivity contribution < 1.29 is 4.79 Å². The van der Waals surface area contributed by atoms with Crippen molar-refractivity contribution >= 4 is 11.5 Å². The number of aryl methyl sites for hydroxylation is 1. The number of rotatable bonds is 4. The molecule has 2 rings (SSSR count). The van der Waals surface area contributed by atoms with Gasteiger partial charge in [0.2, 0.25) is 0 Å². The minimum absolute atomic E-state index is 0.0248. The maximum absolute atomic E-state index is 11.6. The van der Waals surface area contributed by atoms with Gasteiger partial charge >= 0.3 is 0 Å². The molecule has 1 aromatic heterocycles. The third kappa shape index (κ3) is 2.79. The lowest BCUT2D eigenvalue weighted by Crippen LogP contribution is -2.07. The number of nitrogens with zero attached hydrogens (tertiary/aromatic N) is 2. The fraction of sp³-hybridized carbons (Fsp3) is 0.250. The van der Waals surface area contributed by atoms with Gasteiger partial charge in [0.1, 0.15) is 0 Å². The number of ketones is 1. The van der Waals surface area contributed by atoms with Gasteiger partial charge in [-0.2, -0.15) is 5.10 Å². The van der Waals surface area contributed by atoms with Gasteiger partial charge in [-0.25, -0.2) is 0 Å². The molecule has 0 amide bonds. The van der Waals surface area contributed by atoms with Gasteiger partial charge in [-0.05, 0) is 30.5 Å². The highest BCUT2D eigenvalue weighted by Crippen LogP contribution is 2.24. The summed E-state index contributed by atoms with van der Waals surface area (Å²) in [5.74, 6) is 0.0248. The molecule has 0 bridgehead atoms. The molecule has 0 spiro atoms. The molecule has 4 nitrogen and oxygen atoms in total. The Hall–Kier alpha value is -2.36. The van der Waals surface area contributed by atoms with Crippen molar-refractivity contribution in [3.05, 3.63) is 47.8 Å². The van der Waals surface area contributed by atoms with Gasteiger partial charge in [0, 0.05) is 30.1 Å². The highest BCUT2D eigenvalue weighted by molar-refractivity contribution is 6.00. The van der Waals surface area contributed by atoms with E-state index in [0.717, 1.165) is 16.7 Å². The van der Waals surface area contributed by atoms with Crippen LogP contribution in [0, 0.1) is 0 Å². The minimum Gasteiger partial charge on any atom is -0.398 e. The van der Waals surface area contributed by atoms with Crippen molar-refractivity contribution in [1.82, 2.24) is 9.78 Å². The number of aromatic nitrogens is 2. The van der Waals surface area contributed by atoms with Crippen molar-refractivity contribution in [2.75, 3.05) is 0 Å². The monoisotopic (exact) mass is 269 g/mol. The predicted octanol–water partition coefficient (Wildman–Crippen LogP) is 2.76. The van der Waals surface area contributed by atoms with E-state index in [1.165, 1.54) is 0 Å². The van der Waals surface area contributed by atoms with Gasteiger partial charge in [0.05, 0.1) is 6.20 Å². The first-order valence-electron chi connectivity index (χ1n) is 6.62. The zero-order valence-electron chi connectivity index (χ0n) is 12.1. The van der Waals surface area contributed by atoms with E-state index in [1.54, 1.807) is 11.6 Å². The Morgan fingerprint density at radius 1 is 1.35 bits per heavy atom. The van der Waals surface area contributed by atoms with E-state index >= 15 is 0 Å². The summed E-state index contributed by atoms with van der Waals surface area (Å²) in [5.41, 5.74) is 10.3. The van der Waals surface area contributed by atoms with Crippen LogP contribution in [0.15, 0.2) is 42.2 Å². The number of carbonyl (C=O) groups is 1. The van der Waals surface area contributed by atoms with Gasteiger partial charge in [0.15, 0.2) is 5.78 Å². The predicted molar refractivity (Wildman–Crippen MR) is 80.7 cm³/mol. The maximum Gasteiger partial charge on any atom is 0.157 e. The summed E-state index contributed by atoms with van der Waals surface area (Å²) in [6.45, 7) is 3.49. The first-order chi connectivity index (χ1) is 9.52. The van der Waals surface area contributed by atoms with Crippen LogP contribution in [-0.4, -0.2) is 15.6 Å². The smallest absolute Gasteiger partial charge is 0.157 e. The molecule has 4 heteroatoms. The lowest BCUT2D eigenvalue weighted by Gasteiger charge is -2.09. The quantitative estimate of drug-likeness (QED) is 0.868. The van der Waals surface area contributed by atoms with E-state index in [4.69, 9.17) is 5.73 Å². The summed E-state index contributed by atoms with van der Waals surface area (Å²) in [6.07, 6.45) is 4.40. The highest BCUT2D eigenvalue weighted by atomic mass is 16.1.